The van der Waals surface area contributed by atoms with Gasteiger partial charge in [-0.3, -0.25) is 0 Å². The van der Waals surface area contributed by atoms with Crippen LogP contribution in [0.2, 0.25) is 0 Å². The highest BCUT2D eigenvalue weighted by atomic mass is 79.9. The van der Waals surface area contributed by atoms with E-state index in [-0.39, 0.29) is 15.6 Å². The first-order valence-electron chi connectivity index (χ1n) is 7.30. The van der Waals surface area contributed by atoms with Crippen molar-refractivity contribution in [3.8, 4) is 0 Å². The molecule has 1 saturated carbocycles. The predicted molar refractivity (Wildman–Crippen MR) is 85.5 cm³/mol. The highest BCUT2D eigenvalue weighted by Gasteiger charge is 2.32. The smallest absolute Gasteiger partial charge is 0.245 e. The van der Waals surface area contributed by atoms with Gasteiger partial charge in [-0.1, -0.05) is 26.7 Å². The van der Waals surface area contributed by atoms with Crippen LogP contribution in [0.3, 0.4) is 0 Å². The number of nitrogens with one attached hydrogen (secondary N) is 2. The van der Waals surface area contributed by atoms with E-state index in [4.69, 9.17) is 4.42 Å². The summed E-state index contributed by atoms with van der Waals surface area (Å²) in [6, 6.07) is 1.56. The molecule has 0 spiro atoms. The molecule has 2 rings (SSSR count). The Kier molecular flexibility index (Phi) is 5.51. The maximum absolute atomic E-state index is 12.6. The summed E-state index contributed by atoms with van der Waals surface area (Å²) in [6.45, 7) is 4.79. The molecule has 3 atom stereocenters. The highest BCUT2D eigenvalue weighted by molar-refractivity contribution is 9.10. The first-order chi connectivity index (χ1) is 9.85. The molecule has 5 nitrogen and oxygen atoms in total. The van der Waals surface area contributed by atoms with Crippen LogP contribution in [0.4, 0.5) is 0 Å². The van der Waals surface area contributed by atoms with Crippen LogP contribution in [0.15, 0.2) is 20.0 Å². The Morgan fingerprint density at radius 3 is 2.76 bits per heavy atom. The quantitative estimate of drug-likeness (QED) is 0.825. The van der Waals surface area contributed by atoms with Crippen LogP contribution in [0, 0.1) is 11.8 Å². The molecule has 0 bridgehead atoms. The fourth-order valence-corrected chi connectivity index (χ4v) is 5.21. The minimum Gasteiger partial charge on any atom is -0.452 e. The van der Waals surface area contributed by atoms with E-state index in [0.29, 0.717) is 24.1 Å². The molecule has 0 amide bonds. The van der Waals surface area contributed by atoms with Crippen LogP contribution >= 0.6 is 15.9 Å². The summed E-state index contributed by atoms with van der Waals surface area (Å²) in [5, 5.41) is 2.94. The summed E-state index contributed by atoms with van der Waals surface area (Å²) < 4.78 is 33.7. The van der Waals surface area contributed by atoms with Gasteiger partial charge in [-0.15, -0.1) is 0 Å². The third kappa shape index (κ3) is 3.88. The van der Waals surface area contributed by atoms with Crippen molar-refractivity contribution in [1.29, 1.82) is 0 Å². The topological polar surface area (TPSA) is 71.3 Å². The Morgan fingerprint density at radius 2 is 2.10 bits per heavy atom. The van der Waals surface area contributed by atoms with Gasteiger partial charge < -0.3 is 9.73 Å². The molecule has 1 fully saturated rings. The van der Waals surface area contributed by atoms with Crippen LogP contribution < -0.4 is 10.0 Å². The maximum atomic E-state index is 12.6. The molecule has 0 radical (unpaired) electrons. The molecule has 21 heavy (non-hydrogen) atoms. The largest absolute Gasteiger partial charge is 0.452 e. The molecule has 3 unspecified atom stereocenters. The summed E-state index contributed by atoms with van der Waals surface area (Å²) in [7, 11) is -1.78. The molecule has 120 valence electrons. The van der Waals surface area contributed by atoms with Gasteiger partial charge in [-0.2, -0.15) is 0 Å². The van der Waals surface area contributed by atoms with Gasteiger partial charge >= 0.3 is 0 Å². The minimum atomic E-state index is -3.56. The van der Waals surface area contributed by atoms with Crippen LogP contribution in [0.25, 0.3) is 0 Å². The monoisotopic (exact) mass is 378 g/mol. The van der Waals surface area contributed by atoms with E-state index >= 15 is 0 Å². The summed E-state index contributed by atoms with van der Waals surface area (Å²) in [6.07, 6.45) is 3.13. The predicted octanol–water partition coefficient (Wildman–Crippen LogP) is 2.86. The van der Waals surface area contributed by atoms with Crippen molar-refractivity contribution in [2.45, 2.75) is 50.6 Å². The lowest BCUT2D eigenvalue weighted by Crippen LogP contribution is -2.43. The first-order valence-corrected chi connectivity index (χ1v) is 9.58. The van der Waals surface area contributed by atoms with Crippen molar-refractivity contribution in [2.75, 3.05) is 7.05 Å². The van der Waals surface area contributed by atoms with Crippen molar-refractivity contribution in [3.05, 3.63) is 16.5 Å². The molecule has 1 heterocycles. The van der Waals surface area contributed by atoms with Gasteiger partial charge in [-0.05, 0) is 41.2 Å². The Balaban J connectivity index is 2.18. The molecule has 0 aromatic carbocycles. The standard InChI is InChI=1S/C14H23BrN2O3S/c1-9-5-4-6-12(10(9)2)17-21(18,19)13-7-11(8-16-3)20-14(13)15/h7,9-10,12,16-17H,4-6,8H2,1-3H3. The van der Waals surface area contributed by atoms with Gasteiger partial charge in [0, 0.05) is 12.1 Å². The van der Waals surface area contributed by atoms with Gasteiger partial charge in [0.15, 0.2) is 4.67 Å². The van der Waals surface area contributed by atoms with Crippen molar-refractivity contribution in [1.82, 2.24) is 10.0 Å². The Hall–Kier alpha value is -0.370. The zero-order chi connectivity index (χ0) is 15.6. The van der Waals surface area contributed by atoms with Crippen molar-refractivity contribution in [3.63, 3.8) is 0 Å². The third-order valence-electron chi connectivity index (χ3n) is 4.36. The number of sulfonamides is 1. The molecule has 1 aliphatic carbocycles. The maximum Gasteiger partial charge on any atom is 0.245 e. The Labute approximate surface area is 135 Å². The molecule has 0 saturated heterocycles. The van der Waals surface area contributed by atoms with E-state index in [1.165, 1.54) is 6.42 Å². The molecule has 1 aromatic heterocycles. The lowest BCUT2D eigenvalue weighted by molar-refractivity contribution is 0.227. The molecule has 7 heteroatoms. The van der Waals surface area contributed by atoms with Gasteiger partial charge in [0.25, 0.3) is 0 Å². The molecule has 0 aliphatic heterocycles. The molecular weight excluding hydrogens is 356 g/mol. The molecule has 1 aromatic rings. The second-order valence-electron chi connectivity index (χ2n) is 5.88. The fraction of sp³-hybridized carbons (Fsp3) is 0.714. The molecule has 1 aliphatic rings. The average Bonchev–Trinajstić information content (AvgIpc) is 2.77. The molecular formula is C14H23BrN2O3S. The fourth-order valence-electron chi connectivity index (χ4n) is 2.85. The minimum absolute atomic E-state index is 0.00620. The zero-order valence-electron chi connectivity index (χ0n) is 12.6. The lowest BCUT2D eigenvalue weighted by atomic mass is 9.78. The van der Waals surface area contributed by atoms with E-state index in [1.54, 1.807) is 13.1 Å². The molecule has 2 N–H and O–H groups in total. The average molecular weight is 379 g/mol. The number of hydrogen-bond acceptors (Lipinski definition) is 4. The van der Waals surface area contributed by atoms with Crippen LogP contribution in [-0.4, -0.2) is 21.5 Å². The van der Waals surface area contributed by atoms with Crippen LogP contribution in [0.5, 0.6) is 0 Å². The second-order valence-corrected chi connectivity index (χ2v) is 8.28. The normalized spacial score (nSPS) is 27.0. The van der Waals surface area contributed by atoms with E-state index < -0.39 is 10.0 Å². The van der Waals surface area contributed by atoms with E-state index in [1.807, 2.05) is 0 Å². The van der Waals surface area contributed by atoms with Crippen molar-refractivity contribution in [2.24, 2.45) is 11.8 Å². The van der Waals surface area contributed by atoms with Crippen molar-refractivity contribution >= 4 is 26.0 Å². The van der Waals surface area contributed by atoms with Gasteiger partial charge in [-0.25, -0.2) is 13.1 Å². The number of halogens is 1. The zero-order valence-corrected chi connectivity index (χ0v) is 15.1. The number of furan rings is 1. The van der Waals surface area contributed by atoms with Crippen LogP contribution in [0.1, 0.15) is 38.9 Å². The van der Waals surface area contributed by atoms with E-state index in [0.717, 1.165) is 12.8 Å². The first kappa shape index (κ1) is 17.0. The summed E-state index contributed by atoms with van der Waals surface area (Å²) in [5.41, 5.74) is 0. The van der Waals surface area contributed by atoms with Crippen LogP contribution in [-0.2, 0) is 16.6 Å². The van der Waals surface area contributed by atoms with Gasteiger partial charge in [0.2, 0.25) is 10.0 Å². The summed E-state index contributed by atoms with van der Waals surface area (Å²) in [5.74, 6) is 1.48. The SMILES string of the molecule is CNCc1cc(S(=O)(=O)NC2CCCC(C)C2C)c(Br)o1. The Bertz CT molecular complexity index is 585. The van der Waals surface area contributed by atoms with E-state index in [2.05, 4.69) is 39.8 Å². The number of hydrogen-bond donors (Lipinski definition) is 2. The van der Waals surface area contributed by atoms with Crippen molar-refractivity contribution < 1.29 is 12.8 Å². The second kappa shape index (κ2) is 6.81. The third-order valence-corrected chi connectivity index (χ3v) is 6.71. The summed E-state index contributed by atoms with van der Waals surface area (Å²) >= 11 is 3.20. The van der Waals surface area contributed by atoms with Gasteiger partial charge in [0.05, 0.1) is 6.54 Å². The number of rotatable bonds is 5. The van der Waals surface area contributed by atoms with Gasteiger partial charge in [0.1, 0.15) is 10.7 Å². The summed E-state index contributed by atoms with van der Waals surface area (Å²) in [4.78, 5) is 0.179. The Morgan fingerprint density at radius 1 is 1.38 bits per heavy atom. The van der Waals surface area contributed by atoms with E-state index in [9.17, 15) is 8.42 Å². The highest BCUT2D eigenvalue weighted by Crippen LogP contribution is 2.32. The lowest BCUT2D eigenvalue weighted by Gasteiger charge is -2.34.